The summed E-state index contributed by atoms with van der Waals surface area (Å²) in [6.45, 7) is 4.77. The highest BCUT2D eigenvalue weighted by Crippen LogP contribution is 2.24. The Hall–Kier alpha value is -1.36. The molecule has 1 aliphatic carbocycles. The number of amides is 1. The van der Waals surface area contributed by atoms with Crippen LogP contribution < -0.4 is 11.1 Å². The van der Waals surface area contributed by atoms with Crippen LogP contribution in [-0.2, 0) is 11.3 Å². The molecule has 0 aliphatic heterocycles. The number of primary amides is 1. The van der Waals surface area contributed by atoms with Crippen molar-refractivity contribution in [2.75, 3.05) is 0 Å². The van der Waals surface area contributed by atoms with E-state index in [9.17, 15) is 4.79 Å². The molecule has 3 N–H and O–H groups in total. The van der Waals surface area contributed by atoms with Gasteiger partial charge in [0.25, 0.3) is 0 Å². The molecule has 1 aliphatic rings. The van der Waals surface area contributed by atoms with Crippen molar-refractivity contribution >= 4 is 5.91 Å². The zero-order valence-electron chi connectivity index (χ0n) is 11.1. The predicted molar refractivity (Wildman–Crippen MR) is 70.0 cm³/mol. The Morgan fingerprint density at radius 3 is 2.89 bits per heavy atom. The molecular formula is C13H22N4O. The van der Waals surface area contributed by atoms with E-state index < -0.39 is 5.54 Å². The third-order valence-electron chi connectivity index (χ3n) is 3.64. The van der Waals surface area contributed by atoms with Crippen molar-refractivity contribution in [3.63, 3.8) is 0 Å². The summed E-state index contributed by atoms with van der Waals surface area (Å²) in [6, 6.07) is 0.484. The summed E-state index contributed by atoms with van der Waals surface area (Å²) in [6.07, 6.45) is 7.75. The van der Waals surface area contributed by atoms with E-state index in [0.29, 0.717) is 6.04 Å². The van der Waals surface area contributed by atoms with Crippen LogP contribution in [-0.4, -0.2) is 27.0 Å². The van der Waals surface area contributed by atoms with Crippen LogP contribution in [0.4, 0.5) is 0 Å². The van der Waals surface area contributed by atoms with Crippen LogP contribution in [0.1, 0.15) is 38.4 Å². The highest BCUT2D eigenvalue weighted by atomic mass is 16.1. The zero-order valence-corrected chi connectivity index (χ0v) is 11.1. The van der Waals surface area contributed by atoms with Gasteiger partial charge in [-0.1, -0.05) is 0 Å². The number of hydrogen-bond acceptors (Lipinski definition) is 3. The normalized spacial score (nSPS) is 18.6. The lowest BCUT2D eigenvalue weighted by Crippen LogP contribution is -2.54. The zero-order chi connectivity index (χ0) is 13.2. The molecule has 2 rings (SSSR count). The first kappa shape index (κ1) is 13.1. The molecular weight excluding hydrogens is 228 g/mol. The fourth-order valence-corrected chi connectivity index (χ4v) is 2.19. The summed E-state index contributed by atoms with van der Waals surface area (Å²) in [5, 5.41) is 3.36. The van der Waals surface area contributed by atoms with Crippen molar-refractivity contribution in [3.05, 3.63) is 18.2 Å². The molecule has 1 aromatic rings. The third kappa shape index (κ3) is 3.10. The van der Waals surface area contributed by atoms with Gasteiger partial charge in [0.15, 0.2) is 0 Å². The van der Waals surface area contributed by atoms with Gasteiger partial charge in [-0.05, 0) is 39.5 Å². The summed E-state index contributed by atoms with van der Waals surface area (Å²) < 4.78 is 2.10. The fourth-order valence-electron chi connectivity index (χ4n) is 2.19. The molecule has 0 saturated heterocycles. The van der Waals surface area contributed by atoms with Gasteiger partial charge in [0, 0.05) is 25.0 Å². The van der Waals surface area contributed by atoms with Crippen LogP contribution in [0.15, 0.2) is 12.4 Å². The van der Waals surface area contributed by atoms with Gasteiger partial charge >= 0.3 is 0 Å². The lowest BCUT2D eigenvalue weighted by atomic mass is 9.94. The minimum atomic E-state index is -0.574. The molecule has 5 nitrogen and oxygen atoms in total. The lowest BCUT2D eigenvalue weighted by Gasteiger charge is -2.27. The first-order chi connectivity index (χ1) is 8.51. The number of nitrogens with two attached hydrogens (primary N) is 1. The van der Waals surface area contributed by atoms with Gasteiger partial charge in [0.1, 0.15) is 5.82 Å². The SMILES string of the molecule is Cc1nccn1CCCC(C)(NC1CC1)C(N)=O. The summed E-state index contributed by atoms with van der Waals surface area (Å²) in [7, 11) is 0. The fraction of sp³-hybridized carbons (Fsp3) is 0.692. The molecule has 5 heteroatoms. The van der Waals surface area contributed by atoms with E-state index in [2.05, 4.69) is 14.9 Å². The maximum atomic E-state index is 11.6. The van der Waals surface area contributed by atoms with E-state index in [1.165, 1.54) is 0 Å². The number of aryl methyl sites for hydroxylation is 2. The highest BCUT2D eigenvalue weighted by molar-refractivity contribution is 5.84. The Labute approximate surface area is 108 Å². The molecule has 1 fully saturated rings. The molecule has 0 aromatic carbocycles. The highest BCUT2D eigenvalue weighted by Gasteiger charge is 2.36. The summed E-state index contributed by atoms with van der Waals surface area (Å²) in [4.78, 5) is 15.8. The number of carbonyl (C=O) groups excluding carboxylic acids is 1. The van der Waals surface area contributed by atoms with E-state index in [1.54, 1.807) is 6.20 Å². The van der Waals surface area contributed by atoms with E-state index in [0.717, 1.165) is 38.1 Å². The van der Waals surface area contributed by atoms with Crippen molar-refractivity contribution in [1.29, 1.82) is 0 Å². The van der Waals surface area contributed by atoms with Crippen LogP contribution in [0.5, 0.6) is 0 Å². The number of hydrogen-bond donors (Lipinski definition) is 2. The third-order valence-corrected chi connectivity index (χ3v) is 3.64. The molecule has 1 amide bonds. The standard InChI is InChI=1S/C13H22N4O/c1-10-15-7-9-17(10)8-3-6-13(2,12(14)18)16-11-4-5-11/h7,9,11,16H,3-6,8H2,1-2H3,(H2,14,18). The molecule has 0 bridgehead atoms. The van der Waals surface area contributed by atoms with E-state index in [-0.39, 0.29) is 5.91 Å². The first-order valence-corrected chi connectivity index (χ1v) is 6.56. The Morgan fingerprint density at radius 1 is 1.67 bits per heavy atom. The van der Waals surface area contributed by atoms with Crippen LogP contribution in [0.3, 0.4) is 0 Å². The summed E-state index contributed by atoms with van der Waals surface area (Å²) >= 11 is 0. The Kier molecular flexibility index (Phi) is 3.71. The van der Waals surface area contributed by atoms with Crippen LogP contribution in [0.25, 0.3) is 0 Å². The van der Waals surface area contributed by atoms with Gasteiger partial charge in [-0.25, -0.2) is 4.98 Å². The van der Waals surface area contributed by atoms with Crippen LogP contribution >= 0.6 is 0 Å². The molecule has 1 heterocycles. The Balaban J connectivity index is 1.85. The Bertz CT molecular complexity index is 424. The first-order valence-electron chi connectivity index (χ1n) is 6.56. The number of carbonyl (C=O) groups is 1. The van der Waals surface area contributed by atoms with Crippen molar-refractivity contribution in [3.8, 4) is 0 Å². The number of rotatable bonds is 7. The smallest absolute Gasteiger partial charge is 0.237 e. The van der Waals surface area contributed by atoms with Gasteiger partial charge in [-0.15, -0.1) is 0 Å². The van der Waals surface area contributed by atoms with E-state index >= 15 is 0 Å². The maximum Gasteiger partial charge on any atom is 0.237 e. The second kappa shape index (κ2) is 5.10. The van der Waals surface area contributed by atoms with Crippen molar-refractivity contribution < 1.29 is 4.79 Å². The molecule has 18 heavy (non-hydrogen) atoms. The number of imidazole rings is 1. The van der Waals surface area contributed by atoms with Gasteiger partial charge in [-0.2, -0.15) is 0 Å². The minimum absolute atomic E-state index is 0.253. The number of nitrogens with zero attached hydrogens (tertiary/aromatic N) is 2. The molecule has 100 valence electrons. The number of aromatic nitrogens is 2. The lowest BCUT2D eigenvalue weighted by molar-refractivity contribution is -0.124. The summed E-state index contributed by atoms with van der Waals surface area (Å²) in [5.74, 6) is 0.752. The quantitative estimate of drug-likeness (QED) is 0.757. The van der Waals surface area contributed by atoms with Crippen LogP contribution in [0, 0.1) is 6.92 Å². The largest absolute Gasteiger partial charge is 0.368 e. The molecule has 1 saturated carbocycles. The molecule has 0 radical (unpaired) electrons. The van der Waals surface area contributed by atoms with Crippen molar-refractivity contribution in [2.24, 2.45) is 5.73 Å². The molecule has 0 spiro atoms. The second-order valence-corrected chi connectivity index (χ2v) is 5.39. The summed E-state index contributed by atoms with van der Waals surface area (Å²) in [5.41, 5.74) is 4.94. The topological polar surface area (TPSA) is 72.9 Å². The average molecular weight is 250 g/mol. The van der Waals surface area contributed by atoms with Crippen LogP contribution in [0.2, 0.25) is 0 Å². The maximum absolute atomic E-state index is 11.6. The van der Waals surface area contributed by atoms with Crippen molar-refractivity contribution in [2.45, 2.75) is 57.7 Å². The van der Waals surface area contributed by atoms with Crippen molar-refractivity contribution in [1.82, 2.24) is 14.9 Å². The average Bonchev–Trinajstić information content (AvgIpc) is 3.02. The van der Waals surface area contributed by atoms with E-state index in [4.69, 9.17) is 5.73 Å². The predicted octanol–water partition coefficient (Wildman–Crippen LogP) is 0.968. The number of nitrogens with one attached hydrogen (secondary N) is 1. The Morgan fingerprint density at radius 2 is 2.39 bits per heavy atom. The minimum Gasteiger partial charge on any atom is -0.368 e. The second-order valence-electron chi connectivity index (χ2n) is 5.39. The van der Waals surface area contributed by atoms with E-state index in [1.807, 2.05) is 20.0 Å². The van der Waals surface area contributed by atoms with Gasteiger partial charge < -0.3 is 15.6 Å². The van der Waals surface area contributed by atoms with Gasteiger partial charge in [-0.3, -0.25) is 4.79 Å². The molecule has 1 aromatic heterocycles. The molecule has 1 atom stereocenters. The monoisotopic (exact) mass is 250 g/mol. The van der Waals surface area contributed by atoms with Gasteiger partial charge in [0.05, 0.1) is 5.54 Å². The molecule has 1 unspecified atom stereocenters. The van der Waals surface area contributed by atoms with Gasteiger partial charge in [0.2, 0.25) is 5.91 Å².